The number of hydrogen-bond acceptors (Lipinski definition) is 7. The molecular formula is C22H28BrN7. The first kappa shape index (κ1) is 22.0. The second-order valence-electron chi connectivity index (χ2n) is 7.14. The highest BCUT2D eigenvalue weighted by atomic mass is 79.9. The molecule has 1 heterocycles. The molecule has 0 amide bonds. The van der Waals surface area contributed by atoms with Gasteiger partial charge in [0.05, 0.1) is 0 Å². The second-order valence-corrected chi connectivity index (χ2v) is 8.05. The summed E-state index contributed by atoms with van der Waals surface area (Å²) in [6.07, 6.45) is 0. The summed E-state index contributed by atoms with van der Waals surface area (Å²) in [5, 5.41) is 9.81. The maximum absolute atomic E-state index is 4.63. The van der Waals surface area contributed by atoms with E-state index in [1.165, 1.54) is 5.56 Å². The van der Waals surface area contributed by atoms with Crippen molar-refractivity contribution >= 4 is 39.5 Å². The molecule has 2 aromatic carbocycles. The van der Waals surface area contributed by atoms with Crippen LogP contribution in [-0.2, 0) is 0 Å². The van der Waals surface area contributed by atoms with Gasteiger partial charge in [-0.25, -0.2) is 0 Å². The molecule has 8 heteroatoms. The molecule has 0 aliphatic rings. The Morgan fingerprint density at radius 1 is 1.00 bits per heavy atom. The fourth-order valence-electron chi connectivity index (χ4n) is 2.89. The summed E-state index contributed by atoms with van der Waals surface area (Å²) >= 11 is 3.50. The highest BCUT2D eigenvalue weighted by molar-refractivity contribution is 9.10. The van der Waals surface area contributed by atoms with Crippen LogP contribution >= 0.6 is 15.9 Å². The van der Waals surface area contributed by atoms with E-state index in [0.717, 1.165) is 29.8 Å². The normalized spacial score (nSPS) is 11.7. The lowest BCUT2D eigenvalue weighted by Gasteiger charge is -2.19. The Bertz CT molecular complexity index is 936. The fraction of sp³-hybridized carbons (Fsp3) is 0.318. The third-order valence-electron chi connectivity index (χ3n) is 4.68. The van der Waals surface area contributed by atoms with Crippen molar-refractivity contribution in [2.75, 3.05) is 49.3 Å². The van der Waals surface area contributed by atoms with Crippen LogP contribution < -0.4 is 20.9 Å². The van der Waals surface area contributed by atoms with Crippen LogP contribution in [0.2, 0.25) is 0 Å². The predicted octanol–water partition coefficient (Wildman–Crippen LogP) is 4.25. The molecule has 1 atom stereocenters. The average Bonchev–Trinajstić information content (AvgIpc) is 2.76. The molecule has 0 radical (unpaired) electrons. The summed E-state index contributed by atoms with van der Waals surface area (Å²) < 4.78 is 0.989. The van der Waals surface area contributed by atoms with E-state index in [9.17, 15) is 0 Å². The number of aromatic nitrogens is 3. The topological polar surface area (TPSA) is 78.0 Å². The van der Waals surface area contributed by atoms with Crippen molar-refractivity contribution in [2.24, 2.45) is 0 Å². The van der Waals surface area contributed by atoms with Gasteiger partial charge in [0, 0.05) is 36.8 Å². The lowest BCUT2D eigenvalue weighted by atomic mass is 10.0. The van der Waals surface area contributed by atoms with E-state index in [1.54, 1.807) is 0 Å². The second kappa shape index (κ2) is 10.9. The van der Waals surface area contributed by atoms with E-state index in [4.69, 9.17) is 0 Å². The molecule has 30 heavy (non-hydrogen) atoms. The van der Waals surface area contributed by atoms with Crippen molar-refractivity contribution in [1.29, 1.82) is 0 Å². The molecule has 0 saturated heterocycles. The van der Waals surface area contributed by atoms with E-state index in [2.05, 4.69) is 78.0 Å². The Balaban J connectivity index is 1.79. The Labute approximate surface area is 186 Å². The average molecular weight is 470 g/mol. The number of nitrogens with zero attached hydrogens (tertiary/aromatic N) is 4. The third-order valence-corrected chi connectivity index (χ3v) is 5.17. The third kappa shape index (κ3) is 6.40. The number of anilines is 4. The van der Waals surface area contributed by atoms with Crippen LogP contribution in [-0.4, -0.2) is 48.7 Å². The lowest BCUT2D eigenvalue weighted by molar-refractivity contribution is 0.748. The summed E-state index contributed by atoms with van der Waals surface area (Å²) in [6.45, 7) is 4.54. The molecule has 3 rings (SSSR count). The van der Waals surface area contributed by atoms with Crippen molar-refractivity contribution < 1.29 is 0 Å². The van der Waals surface area contributed by atoms with Crippen molar-refractivity contribution in [3.05, 3.63) is 64.6 Å². The number of hydrogen-bond donors (Lipinski definition) is 3. The number of benzene rings is 2. The van der Waals surface area contributed by atoms with Gasteiger partial charge in [-0.3, -0.25) is 0 Å². The molecule has 1 unspecified atom stereocenters. The molecule has 3 N–H and O–H groups in total. The molecule has 0 fully saturated rings. The van der Waals surface area contributed by atoms with Crippen molar-refractivity contribution in [3.8, 4) is 0 Å². The first-order chi connectivity index (χ1) is 14.5. The Kier molecular flexibility index (Phi) is 7.98. The minimum atomic E-state index is 0.329. The molecule has 3 aromatic rings. The monoisotopic (exact) mass is 469 g/mol. The molecule has 158 valence electrons. The molecule has 7 nitrogen and oxygen atoms in total. The zero-order valence-corrected chi connectivity index (χ0v) is 19.1. The summed E-state index contributed by atoms with van der Waals surface area (Å²) in [6, 6.07) is 18.3. The minimum Gasteiger partial charge on any atom is -0.353 e. The van der Waals surface area contributed by atoms with Crippen molar-refractivity contribution in [3.63, 3.8) is 0 Å². The first-order valence-electron chi connectivity index (χ1n) is 9.98. The lowest BCUT2D eigenvalue weighted by Crippen LogP contribution is -2.29. The van der Waals surface area contributed by atoms with Gasteiger partial charge in [0.2, 0.25) is 17.8 Å². The van der Waals surface area contributed by atoms with Crippen LogP contribution in [0.25, 0.3) is 0 Å². The highest BCUT2D eigenvalue weighted by Crippen LogP contribution is 2.21. The summed E-state index contributed by atoms with van der Waals surface area (Å²) in [7, 11) is 3.91. The zero-order chi connectivity index (χ0) is 21.3. The van der Waals surface area contributed by atoms with Gasteiger partial charge in [-0.05, 0) is 36.7 Å². The van der Waals surface area contributed by atoms with Gasteiger partial charge < -0.3 is 20.9 Å². The zero-order valence-electron chi connectivity index (χ0n) is 17.6. The molecule has 0 aliphatic heterocycles. The van der Waals surface area contributed by atoms with Crippen molar-refractivity contribution in [2.45, 2.75) is 12.8 Å². The van der Waals surface area contributed by atoms with Crippen molar-refractivity contribution in [1.82, 2.24) is 20.3 Å². The molecule has 0 bridgehead atoms. The summed E-state index contributed by atoms with van der Waals surface area (Å²) in [5.74, 6) is 2.00. The van der Waals surface area contributed by atoms with Gasteiger partial charge in [-0.2, -0.15) is 15.0 Å². The van der Waals surface area contributed by atoms with E-state index < -0.39 is 0 Å². The Morgan fingerprint density at radius 2 is 1.77 bits per heavy atom. The number of rotatable bonds is 10. The minimum absolute atomic E-state index is 0.329. The standard InChI is InChI=1S/C22H28BrN7/c1-16(17-8-5-4-6-9-17)15-25-20-27-21(26-19-11-7-10-18(23)14-19)29-22(28-20)30(3)13-12-24-2/h4-11,14,16,24H,12-13,15H2,1-3H3,(H2,25,26,27,28,29). The number of likely N-dealkylation sites (N-methyl/N-ethyl adjacent to an activating group) is 2. The summed E-state index contributed by atoms with van der Waals surface area (Å²) in [5.41, 5.74) is 2.18. The van der Waals surface area contributed by atoms with Crippen LogP contribution in [0.15, 0.2) is 59.1 Å². The first-order valence-corrected chi connectivity index (χ1v) is 10.8. The van der Waals surface area contributed by atoms with Crippen LogP contribution in [0.4, 0.5) is 23.5 Å². The number of nitrogens with one attached hydrogen (secondary N) is 3. The van der Waals surface area contributed by atoms with Crippen LogP contribution in [0.5, 0.6) is 0 Å². The SMILES string of the molecule is CNCCN(C)c1nc(NCC(C)c2ccccc2)nc(Nc2cccc(Br)c2)n1. The smallest absolute Gasteiger partial charge is 0.233 e. The van der Waals surface area contributed by atoms with E-state index in [-0.39, 0.29) is 0 Å². The molecule has 0 spiro atoms. The Morgan fingerprint density at radius 3 is 2.50 bits per heavy atom. The molecule has 0 aliphatic carbocycles. The van der Waals surface area contributed by atoms with E-state index in [1.807, 2.05) is 49.3 Å². The number of halogens is 1. The van der Waals surface area contributed by atoms with Gasteiger partial charge in [0.1, 0.15) is 0 Å². The van der Waals surface area contributed by atoms with E-state index >= 15 is 0 Å². The van der Waals surface area contributed by atoms with Gasteiger partial charge in [-0.15, -0.1) is 0 Å². The van der Waals surface area contributed by atoms with Gasteiger partial charge in [0.15, 0.2) is 0 Å². The molecule has 0 saturated carbocycles. The predicted molar refractivity (Wildman–Crippen MR) is 128 cm³/mol. The maximum atomic E-state index is 4.63. The highest BCUT2D eigenvalue weighted by Gasteiger charge is 2.12. The summed E-state index contributed by atoms with van der Waals surface area (Å²) in [4.78, 5) is 15.8. The van der Waals surface area contributed by atoms with E-state index in [0.29, 0.717) is 23.8 Å². The maximum Gasteiger partial charge on any atom is 0.233 e. The van der Waals surface area contributed by atoms with Gasteiger partial charge in [0.25, 0.3) is 0 Å². The Hall–Kier alpha value is -2.71. The largest absolute Gasteiger partial charge is 0.353 e. The molecule has 1 aromatic heterocycles. The van der Waals surface area contributed by atoms with Crippen LogP contribution in [0, 0.1) is 0 Å². The fourth-order valence-corrected chi connectivity index (χ4v) is 3.29. The van der Waals surface area contributed by atoms with Crippen LogP contribution in [0.1, 0.15) is 18.4 Å². The molecular weight excluding hydrogens is 442 g/mol. The van der Waals surface area contributed by atoms with Crippen LogP contribution in [0.3, 0.4) is 0 Å². The van der Waals surface area contributed by atoms with Gasteiger partial charge in [-0.1, -0.05) is 59.3 Å². The quantitative estimate of drug-likeness (QED) is 0.409. The van der Waals surface area contributed by atoms with Gasteiger partial charge >= 0.3 is 0 Å².